The first-order valence-electron chi connectivity index (χ1n) is 6.03. The largest absolute Gasteiger partial charge is 0.472 e. The van der Waals surface area contributed by atoms with Crippen LogP contribution in [0.1, 0.15) is 18.9 Å². The number of aromatic nitrogens is 1. The first-order chi connectivity index (χ1) is 9.11. The number of nitrogens with one attached hydrogen (secondary N) is 1. The fourth-order valence-electron chi connectivity index (χ4n) is 1.98. The Kier molecular flexibility index (Phi) is 3.92. The summed E-state index contributed by atoms with van der Waals surface area (Å²) in [6.07, 6.45) is 2.02. The van der Waals surface area contributed by atoms with Crippen LogP contribution in [0.15, 0.2) is 12.3 Å². The van der Waals surface area contributed by atoms with Gasteiger partial charge in [0.1, 0.15) is 23.9 Å². The molecule has 2 atom stereocenters. The highest BCUT2D eigenvalue weighted by atomic mass is 16.6. The average molecular weight is 262 g/mol. The Labute approximate surface area is 110 Å². The van der Waals surface area contributed by atoms with E-state index in [1.807, 2.05) is 6.07 Å². The van der Waals surface area contributed by atoms with Crippen molar-refractivity contribution in [1.29, 1.82) is 5.26 Å². The maximum Gasteiger partial charge on any atom is 0.289 e. The van der Waals surface area contributed by atoms with E-state index in [0.29, 0.717) is 12.5 Å². The summed E-state index contributed by atoms with van der Waals surface area (Å²) in [6.45, 7) is 3.70. The molecule has 0 radical (unpaired) electrons. The second-order valence-corrected chi connectivity index (χ2v) is 4.54. The molecule has 1 aliphatic heterocycles. The van der Waals surface area contributed by atoms with Crippen LogP contribution in [-0.4, -0.2) is 29.1 Å². The molecule has 1 fully saturated rings. The minimum atomic E-state index is -0.581. The van der Waals surface area contributed by atoms with Crippen molar-refractivity contribution in [3.63, 3.8) is 0 Å². The average Bonchev–Trinajstić information content (AvgIpc) is 2.41. The van der Waals surface area contributed by atoms with Gasteiger partial charge in [0.05, 0.1) is 4.92 Å². The zero-order chi connectivity index (χ0) is 13.8. The van der Waals surface area contributed by atoms with Gasteiger partial charge in [-0.1, -0.05) is 6.92 Å². The van der Waals surface area contributed by atoms with Crippen LogP contribution in [0.5, 0.6) is 5.88 Å². The molecular weight excluding hydrogens is 248 g/mol. The predicted octanol–water partition coefficient (Wildman–Crippen LogP) is 1.24. The molecule has 1 saturated heterocycles. The lowest BCUT2D eigenvalue weighted by molar-refractivity contribution is -0.385. The summed E-state index contributed by atoms with van der Waals surface area (Å²) in [5, 5.41) is 22.8. The summed E-state index contributed by atoms with van der Waals surface area (Å²) in [4.78, 5) is 13.9. The van der Waals surface area contributed by atoms with E-state index in [-0.39, 0.29) is 23.2 Å². The number of rotatable bonds is 3. The number of nitriles is 1. The van der Waals surface area contributed by atoms with Crippen molar-refractivity contribution in [3.05, 3.63) is 27.9 Å². The van der Waals surface area contributed by atoms with E-state index in [1.165, 1.54) is 6.07 Å². The standard InChI is InChI=1S/C12H14N4O3/c1-8-2-3-14-7-11(8)19-12-9(5-13)4-10(6-15-12)16(17)18/h4,6,8,11,14H,2-3,7H2,1H3. The molecule has 2 rings (SSSR count). The molecule has 100 valence electrons. The Morgan fingerprint density at radius 3 is 3.11 bits per heavy atom. The van der Waals surface area contributed by atoms with Gasteiger partial charge in [0.2, 0.25) is 5.88 Å². The maximum atomic E-state index is 10.6. The van der Waals surface area contributed by atoms with Gasteiger partial charge in [-0.3, -0.25) is 10.1 Å². The summed E-state index contributed by atoms with van der Waals surface area (Å²) in [7, 11) is 0. The molecule has 19 heavy (non-hydrogen) atoms. The third kappa shape index (κ3) is 2.98. The molecule has 0 aliphatic carbocycles. The minimum absolute atomic E-state index is 0.0743. The van der Waals surface area contributed by atoms with E-state index in [0.717, 1.165) is 19.2 Å². The highest BCUT2D eigenvalue weighted by Gasteiger charge is 2.24. The molecule has 0 bridgehead atoms. The minimum Gasteiger partial charge on any atom is -0.472 e. The first kappa shape index (κ1) is 13.2. The number of nitro groups is 1. The van der Waals surface area contributed by atoms with Crippen molar-refractivity contribution in [2.45, 2.75) is 19.4 Å². The predicted molar refractivity (Wildman–Crippen MR) is 66.7 cm³/mol. The van der Waals surface area contributed by atoms with E-state index >= 15 is 0 Å². The van der Waals surface area contributed by atoms with E-state index in [1.54, 1.807) is 0 Å². The third-order valence-corrected chi connectivity index (χ3v) is 3.19. The van der Waals surface area contributed by atoms with Crippen molar-refractivity contribution in [2.75, 3.05) is 13.1 Å². The quantitative estimate of drug-likeness (QED) is 0.649. The van der Waals surface area contributed by atoms with Crippen LogP contribution >= 0.6 is 0 Å². The van der Waals surface area contributed by atoms with Crippen molar-refractivity contribution < 1.29 is 9.66 Å². The lowest BCUT2D eigenvalue weighted by atomic mass is 9.97. The SMILES string of the molecule is CC1CCNCC1Oc1ncc([N+](=O)[O-])cc1C#N. The number of nitrogens with zero attached hydrogens (tertiary/aromatic N) is 3. The van der Waals surface area contributed by atoms with E-state index in [2.05, 4.69) is 17.2 Å². The summed E-state index contributed by atoms with van der Waals surface area (Å²) in [5.74, 6) is 0.512. The molecule has 0 spiro atoms. The number of ether oxygens (including phenoxy) is 1. The molecule has 7 nitrogen and oxygen atoms in total. The molecule has 2 heterocycles. The van der Waals surface area contributed by atoms with Gasteiger partial charge in [0, 0.05) is 12.6 Å². The van der Waals surface area contributed by atoms with Crippen LogP contribution in [0.2, 0.25) is 0 Å². The monoisotopic (exact) mass is 262 g/mol. The van der Waals surface area contributed by atoms with Crippen LogP contribution in [0.3, 0.4) is 0 Å². The zero-order valence-corrected chi connectivity index (χ0v) is 10.5. The second-order valence-electron chi connectivity index (χ2n) is 4.54. The van der Waals surface area contributed by atoms with Crippen molar-refractivity contribution >= 4 is 5.69 Å². The molecule has 1 aromatic heterocycles. The van der Waals surface area contributed by atoms with Crippen molar-refractivity contribution in [3.8, 4) is 11.9 Å². The summed E-state index contributed by atoms with van der Waals surface area (Å²) < 4.78 is 5.71. The molecule has 1 N–H and O–H groups in total. The number of hydrogen-bond acceptors (Lipinski definition) is 6. The Hall–Kier alpha value is -2.20. The smallest absolute Gasteiger partial charge is 0.289 e. The van der Waals surface area contributed by atoms with E-state index < -0.39 is 4.92 Å². The molecule has 2 unspecified atom stereocenters. The van der Waals surface area contributed by atoms with Gasteiger partial charge in [-0.15, -0.1) is 0 Å². The third-order valence-electron chi connectivity index (χ3n) is 3.19. The Morgan fingerprint density at radius 1 is 1.68 bits per heavy atom. The fourth-order valence-corrected chi connectivity index (χ4v) is 1.98. The van der Waals surface area contributed by atoms with Crippen molar-refractivity contribution in [1.82, 2.24) is 10.3 Å². The Balaban J connectivity index is 2.20. The molecule has 0 aromatic carbocycles. The lowest BCUT2D eigenvalue weighted by Crippen LogP contribution is -2.43. The Morgan fingerprint density at radius 2 is 2.47 bits per heavy atom. The first-order valence-corrected chi connectivity index (χ1v) is 6.03. The van der Waals surface area contributed by atoms with Crippen LogP contribution in [0, 0.1) is 27.4 Å². The highest BCUT2D eigenvalue weighted by molar-refractivity contribution is 5.45. The van der Waals surface area contributed by atoms with Gasteiger partial charge in [-0.25, -0.2) is 4.98 Å². The summed E-state index contributed by atoms with van der Waals surface area (Å²) >= 11 is 0. The lowest BCUT2D eigenvalue weighted by Gasteiger charge is -2.29. The molecule has 1 aromatic rings. The van der Waals surface area contributed by atoms with Gasteiger partial charge in [-0.2, -0.15) is 5.26 Å². The highest BCUT2D eigenvalue weighted by Crippen LogP contribution is 2.24. The number of pyridine rings is 1. The molecule has 0 amide bonds. The van der Waals surface area contributed by atoms with Gasteiger partial charge >= 0.3 is 0 Å². The second kappa shape index (κ2) is 5.63. The molecule has 7 heteroatoms. The molecular formula is C12H14N4O3. The summed E-state index contributed by atoms with van der Waals surface area (Å²) in [6, 6.07) is 3.07. The van der Waals surface area contributed by atoms with Gasteiger partial charge in [0.15, 0.2) is 0 Å². The zero-order valence-electron chi connectivity index (χ0n) is 10.5. The number of hydrogen-bond donors (Lipinski definition) is 1. The van der Waals surface area contributed by atoms with E-state index in [9.17, 15) is 10.1 Å². The van der Waals surface area contributed by atoms with Crippen LogP contribution in [-0.2, 0) is 0 Å². The van der Waals surface area contributed by atoms with Crippen molar-refractivity contribution in [2.24, 2.45) is 5.92 Å². The molecule has 1 aliphatic rings. The number of piperidine rings is 1. The van der Waals surface area contributed by atoms with Gasteiger partial charge in [-0.05, 0) is 18.9 Å². The van der Waals surface area contributed by atoms with Crippen LogP contribution < -0.4 is 10.1 Å². The fraction of sp³-hybridized carbons (Fsp3) is 0.500. The topological polar surface area (TPSA) is 101 Å². The Bertz CT molecular complexity index is 526. The van der Waals surface area contributed by atoms with Crippen LogP contribution in [0.4, 0.5) is 5.69 Å². The maximum absolute atomic E-state index is 10.6. The normalized spacial score (nSPS) is 22.5. The van der Waals surface area contributed by atoms with Gasteiger partial charge < -0.3 is 10.1 Å². The van der Waals surface area contributed by atoms with Crippen LogP contribution in [0.25, 0.3) is 0 Å². The van der Waals surface area contributed by atoms with Gasteiger partial charge in [0.25, 0.3) is 5.69 Å². The van der Waals surface area contributed by atoms with E-state index in [4.69, 9.17) is 10.00 Å². The molecule has 0 saturated carbocycles. The summed E-state index contributed by atoms with van der Waals surface area (Å²) in [5.41, 5.74) is -0.120.